The van der Waals surface area contributed by atoms with Crippen LogP contribution in [0.4, 0.5) is 17.1 Å². The fourth-order valence-electron chi connectivity index (χ4n) is 3.21. The third kappa shape index (κ3) is 4.99. The second-order valence-corrected chi connectivity index (χ2v) is 6.48. The summed E-state index contributed by atoms with van der Waals surface area (Å²) in [6, 6.07) is 15.7. The van der Waals surface area contributed by atoms with Crippen molar-refractivity contribution in [1.29, 1.82) is 0 Å². The highest BCUT2D eigenvalue weighted by Gasteiger charge is 2.20. The van der Waals surface area contributed by atoms with Crippen molar-refractivity contribution in [2.24, 2.45) is 5.92 Å². The van der Waals surface area contributed by atoms with Crippen LogP contribution in [-0.2, 0) is 4.79 Å². The van der Waals surface area contributed by atoms with Crippen LogP contribution < -0.4 is 15.4 Å². The molecule has 0 spiro atoms. The van der Waals surface area contributed by atoms with E-state index >= 15 is 0 Å². The van der Waals surface area contributed by atoms with Gasteiger partial charge in [0.05, 0.1) is 6.61 Å². The van der Waals surface area contributed by atoms with Gasteiger partial charge in [-0.25, -0.2) is 0 Å². The number of hydrogen-bond donors (Lipinski definition) is 2. The number of nitrogens with one attached hydrogen (secondary N) is 2. The molecule has 0 bridgehead atoms. The van der Waals surface area contributed by atoms with Crippen molar-refractivity contribution in [1.82, 2.24) is 0 Å². The van der Waals surface area contributed by atoms with E-state index in [2.05, 4.69) is 10.6 Å². The lowest BCUT2D eigenvalue weighted by atomic mass is 9.88. The van der Waals surface area contributed by atoms with E-state index in [1.54, 1.807) is 0 Å². The molecule has 0 radical (unpaired) electrons. The zero-order valence-corrected chi connectivity index (χ0v) is 14.8. The van der Waals surface area contributed by atoms with Gasteiger partial charge in [0, 0.05) is 23.0 Å². The predicted molar refractivity (Wildman–Crippen MR) is 103 cm³/mol. The van der Waals surface area contributed by atoms with Gasteiger partial charge in [-0.05, 0) is 68.3 Å². The highest BCUT2D eigenvalue weighted by atomic mass is 16.5. The molecule has 4 nitrogen and oxygen atoms in total. The Labute approximate surface area is 149 Å². The molecular formula is C21H26N2O2. The van der Waals surface area contributed by atoms with E-state index in [-0.39, 0.29) is 11.8 Å². The number of carbonyl (C=O) groups is 1. The molecule has 0 aromatic heterocycles. The Kier molecular flexibility index (Phi) is 5.94. The van der Waals surface area contributed by atoms with E-state index in [4.69, 9.17) is 4.74 Å². The van der Waals surface area contributed by atoms with Gasteiger partial charge in [-0.3, -0.25) is 4.79 Å². The third-order valence-electron chi connectivity index (χ3n) is 4.58. The summed E-state index contributed by atoms with van der Waals surface area (Å²) in [6.07, 6.45) is 5.63. The molecule has 2 N–H and O–H groups in total. The molecule has 0 unspecified atom stereocenters. The molecular weight excluding hydrogens is 312 g/mol. The predicted octanol–water partition coefficient (Wildman–Crippen LogP) is 5.35. The zero-order chi connectivity index (χ0) is 17.5. The highest BCUT2D eigenvalue weighted by Crippen LogP contribution is 2.26. The van der Waals surface area contributed by atoms with Crippen LogP contribution in [-0.4, -0.2) is 12.5 Å². The summed E-state index contributed by atoms with van der Waals surface area (Å²) in [4.78, 5) is 12.3. The molecule has 1 aliphatic rings. The monoisotopic (exact) mass is 338 g/mol. The molecule has 1 fully saturated rings. The number of amides is 1. The molecule has 0 atom stereocenters. The average molecular weight is 338 g/mol. The molecule has 2 aromatic rings. The van der Waals surface area contributed by atoms with Crippen LogP contribution in [0.1, 0.15) is 39.0 Å². The number of anilines is 3. The van der Waals surface area contributed by atoms with E-state index < -0.39 is 0 Å². The second kappa shape index (κ2) is 8.56. The minimum atomic E-state index is 0.159. The number of hydrogen-bond acceptors (Lipinski definition) is 3. The molecule has 2 aromatic carbocycles. The van der Waals surface area contributed by atoms with Gasteiger partial charge in [-0.1, -0.05) is 19.3 Å². The lowest BCUT2D eigenvalue weighted by Gasteiger charge is -2.20. The Bertz CT molecular complexity index is 674. The second-order valence-electron chi connectivity index (χ2n) is 6.48. The van der Waals surface area contributed by atoms with Gasteiger partial charge in [0.2, 0.25) is 5.91 Å². The van der Waals surface area contributed by atoms with Gasteiger partial charge in [0.25, 0.3) is 0 Å². The molecule has 3 rings (SSSR count). The summed E-state index contributed by atoms with van der Waals surface area (Å²) in [7, 11) is 0. The smallest absolute Gasteiger partial charge is 0.227 e. The van der Waals surface area contributed by atoms with Crippen LogP contribution in [0.15, 0.2) is 48.5 Å². The largest absolute Gasteiger partial charge is 0.494 e. The summed E-state index contributed by atoms with van der Waals surface area (Å²) in [5, 5.41) is 6.39. The Morgan fingerprint density at radius 1 is 0.920 bits per heavy atom. The molecule has 25 heavy (non-hydrogen) atoms. The van der Waals surface area contributed by atoms with Crippen molar-refractivity contribution >= 4 is 23.0 Å². The van der Waals surface area contributed by atoms with Gasteiger partial charge in [0.1, 0.15) is 5.75 Å². The van der Waals surface area contributed by atoms with E-state index in [0.29, 0.717) is 6.61 Å². The molecule has 1 saturated carbocycles. The van der Waals surface area contributed by atoms with E-state index in [0.717, 1.165) is 35.7 Å². The molecule has 132 valence electrons. The van der Waals surface area contributed by atoms with E-state index in [9.17, 15) is 4.79 Å². The standard InChI is InChI=1S/C21H26N2O2/c1-2-25-20-14-12-18(13-15-20)22-17-8-10-19(11-9-17)23-21(24)16-6-4-3-5-7-16/h8-16,22H,2-7H2,1H3,(H,23,24). The van der Waals surface area contributed by atoms with Crippen LogP contribution in [0.3, 0.4) is 0 Å². The third-order valence-corrected chi connectivity index (χ3v) is 4.58. The minimum Gasteiger partial charge on any atom is -0.494 e. The first kappa shape index (κ1) is 17.3. The van der Waals surface area contributed by atoms with Crippen LogP contribution in [0, 0.1) is 5.92 Å². The van der Waals surface area contributed by atoms with Crippen molar-refractivity contribution in [3.63, 3.8) is 0 Å². The number of benzene rings is 2. The Balaban J connectivity index is 1.55. The number of carbonyl (C=O) groups excluding carboxylic acids is 1. The van der Waals surface area contributed by atoms with Crippen molar-refractivity contribution in [3.05, 3.63) is 48.5 Å². The summed E-state index contributed by atoms with van der Waals surface area (Å²) < 4.78 is 5.45. The molecule has 0 heterocycles. The SMILES string of the molecule is CCOc1ccc(Nc2ccc(NC(=O)C3CCCCC3)cc2)cc1. The van der Waals surface area contributed by atoms with Crippen LogP contribution >= 0.6 is 0 Å². The van der Waals surface area contributed by atoms with Crippen molar-refractivity contribution in [2.45, 2.75) is 39.0 Å². The zero-order valence-electron chi connectivity index (χ0n) is 14.8. The first-order chi connectivity index (χ1) is 12.2. The molecule has 4 heteroatoms. The Morgan fingerprint density at radius 2 is 1.48 bits per heavy atom. The fraction of sp³-hybridized carbons (Fsp3) is 0.381. The van der Waals surface area contributed by atoms with Gasteiger partial charge in [-0.2, -0.15) is 0 Å². The van der Waals surface area contributed by atoms with Crippen molar-refractivity contribution < 1.29 is 9.53 Å². The molecule has 0 saturated heterocycles. The normalized spacial score (nSPS) is 14.8. The number of rotatable bonds is 6. The van der Waals surface area contributed by atoms with Gasteiger partial charge >= 0.3 is 0 Å². The minimum absolute atomic E-state index is 0.159. The maximum Gasteiger partial charge on any atom is 0.227 e. The quantitative estimate of drug-likeness (QED) is 0.746. The van der Waals surface area contributed by atoms with Gasteiger partial charge < -0.3 is 15.4 Å². The number of ether oxygens (including phenoxy) is 1. The summed E-state index contributed by atoms with van der Waals surface area (Å²) in [5.74, 6) is 1.20. The van der Waals surface area contributed by atoms with E-state index in [1.165, 1.54) is 19.3 Å². The summed E-state index contributed by atoms with van der Waals surface area (Å²) in [5.41, 5.74) is 2.84. The Morgan fingerprint density at radius 3 is 2.08 bits per heavy atom. The van der Waals surface area contributed by atoms with Crippen LogP contribution in [0.5, 0.6) is 5.75 Å². The van der Waals surface area contributed by atoms with Gasteiger partial charge in [-0.15, -0.1) is 0 Å². The highest BCUT2D eigenvalue weighted by molar-refractivity contribution is 5.92. The summed E-state index contributed by atoms with van der Waals surface area (Å²) in [6.45, 7) is 2.64. The first-order valence-electron chi connectivity index (χ1n) is 9.15. The maximum absolute atomic E-state index is 12.3. The lowest BCUT2D eigenvalue weighted by molar-refractivity contribution is -0.120. The fourth-order valence-corrected chi connectivity index (χ4v) is 3.21. The maximum atomic E-state index is 12.3. The molecule has 1 aliphatic carbocycles. The summed E-state index contributed by atoms with van der Waals surface area (Å²) >= 11 is 0. The molecule has 1 amide bonds. The van der Waals surface area contributed by atoms with Crippen LogP contribution in [0.25, 0.3) is 0 Å². The van der Waals surface area contributed by atoms with Gasteiger partial charge in [0.15, 0.2) is 0 Å². The molecule has 0 aliphatic heterocycles. The van der Waals surface area contributed by atoms with Crippen molar-refractivity contribution in [2.75, 3.05) is 17.2 Å². The Hall–Kier alpha value is -2.49. The lowest BCUT2D eigenvalue weighted by Crippen LogP contribution is -2.24. The average Bonchev–Trinajstić information content (AvgIpc) is 2.66. The first-order valence-corrected chi connectivity index (χ1v) is 9.15. The van der Waals surface area contributed by atoms with Crippen LogP contribution in [0.2, 0.25) is 0 Å². The topological polar surface area (TPSA) is 50.4 Å². The van der Waals surface area contributed by atoms with E-state index in [1.807, 2.05) is 55.5 Å². The van der Waals surface area contributed by atoms with Crippen molar-refractivity contribution in [3.8, 4) is 5.75 Å².